The zero-order valence-electron chi connectivity index (χ0n) is 19.6. The Bertz CT molecular complexity index is 730. The number of rotatable bonds is 10. The van der Waals surface area contributed by atoms with Gasteiger partial charge in [0.05, 0.1) is 32.1 Å². The predicted octanol–water partition coefficient (Wildman–Crippen LogP) is 4.73. The van der Waals surface area contributed by atoms with Gasteiger partial charge in [-0.15, -0.1) is 11.3 Å². The number of anilines is 1. The number of carbonyl (C=O) groups is 2. The summed E-state index contributed by atoms with van der Waals surface area (Å²) in [6.45, 7) is 7.75. The van der Waals surface area contributed by atoms with E-state index in [1.54, 1.807) is 0 Å². The van der Waals surface area contributed by atoms with Crippen molar-refractivity contribution in [2.75, 3.05) is 25.2 Å². The lowest BCUT2D eigenvalue weighted by atomic mass is 9.73. The zero-order chi connectivity index (χ0) is 23.2. The first-order valence-corrected chi connectivity index (χ1v) is 12.3. The number of ether oxygens (including phenoxy) is 1. The van der Waals surface area contributed by atoms with Crippen LogP contribution in [0, 0.1) is 11.3 Å². The van der Waals surface area contributed by atoms with Crippen molar-refractivity contribution in [2.45, 2.75) is 84.6 Å². The lowest BCUT2D eigenvalue weighted by Gasteiger charge is -2.34. The van der Waals surface area contributed by atoms with Crippen LogP contribution in [0.3, 0.4) is 0 Å². The third-order valence-corrected chi connectivity index (χ3v) is 7.81. The van der Waals surface area contributed by atoms with E-state index >= 15 is 0 Å². The Kier molecular flexibility index (Phi) is 9.52. The maximum Gasteiger partial charge on any atom is 0.350 e. The number of aliphatic hydroxyl groups is 2. The second kappa shape index (κ2) is 11.4. The van der Waals surface area contributed by atoms with E-state index in [2.05, 4.69) is 20.8 Å². The summed E-state index contributed by atoms with van der Waals surface area (Å²) < 4.78 is 5.02. The molecule has 31 heavy (non-hydrogen) atoms. The number of carbonyl (C=O) groups excluding carboxylic acids is 2. The van der Waals surface area contributed by atoms with Gasteiger partial charge < -0.3 is 19.8 Å². The molecule has 0 saturated heterocycles. The summed E-state index contributed by atoms with van der Waals surface area (Å²) in [4.78, 5) is 28.9. The Morgan fingerprint density at radius 1 is 1.26 bits per heavy atom. The van der Waals surface area contributed by atoms with Crippen molar-refractivity contribution in [3.8, 4) is 0 Å². The summed E-state index contributed by atoms with van der Waals surface area (Å²) in [5.41, 5.74) is 0.787. The van der Waals surface area contributed by atoms with Crippen molar-refractivity contribution in [1.29, 1.82) is 0 Å². The molecule has 6 nitrogen and oxygen atoms in total. The largest absolute Gasteiger partial charge is 0.465 e. The first-order chi connectivity index (χ1) is 14.7. The molecule has 0 aliphatic heterocycles. The van der Waals surface area contributed by atoms with Gasteiger partial charge in [-0.3, -0.25) is 4.79 Å². The molecule has 1 unspecified atom stereocenters. The topological polar surface area (TPSA) is 87.1 Å². The van der Waals surface area contributed by atoms with Crippen molar-refractivity contribution in [2.24, 2.45) is 11.3 Å². The molecule has 7 heteroatoms. The molecule has 1 saturated carbocycles. The van der Waals surface area contributed by atoms with Gasteiger partial charge in [0.15, 0.2) is 0 Å². The van der Waals surface area contributed by atoms with Crippen LogP contribution in [0.25, 0.3) is 0 Å². The lowest BCUT2D eigenvalue weighted by molar-refractivity contribution is -0.123. The van der Waals surface area contributed by atoms with Gasteiger partial charge in [-0.2, -0.15) is 0 Å². The molecule has 1 aliphatic rings. The average molecular weight is 454 g/mol. The maximum atomic E-state index is 13.4. The van der Waals surface area contributed by atoms with E-state index in [4.69, 9.17) is 4.74 Å². The quantitative estimate of drug-likeness (QED) is 0.500. The molecular formula is C24H39NO5S. The molecule has 176 valence electrons. The molecule has 1 heterocycles. The van der Waals surface area contributed by atoms with Gasteiger partial charge in [-0.25, -0.2) is 4.79 Å². The van der Waals surface area contributed by atoms with E-state index in [0.29, 0.717) is 21.9 Å². The Balaban J connectivity index is 2.46. The average Bonchev–Trinajstić information content (AvgIpc) is 3.19. The molecule has 1 aromatic rings. The molecule has 0 bridgehead atoms. The lowest BCUT2D eigenvalue weighted by Crippen LogP contribution is -2.47. The third-order valence-electron chi connectivity index (χ3n) is 6.54. The third kappa shape index (κ3) is 6.30. The summed E-state index contributed by atoms with van der Waals surface area (Å²) >= 11 is 1.38. The molecule has 0 radical (unpaired) electrons. The van der Waals surface area contributed by atoms with Crippen LogP contribution in [0.2, 0.25) is 0 Å². The second-order valence-corrected chi connectivity index (χ2v) is 10.6. The Morgan fingerprint density at radius 2 is 1.87 bits per heavy atom. The number of methoxy groups -OCH3 is 1. The van der Waals surface area contributed by atoms with Gasteiger partial charge in [-0.05, 0) is 49.5 Å². The minimum Gasteiger partial charge on any atom is -0.465 e. The first kappa shape index (κ1) is 25.8. The number of thiophene rings is 1. The molecule has 0 spiro atoms. The normalized spacial score (nSPS) is 17.5. The Labute approximate surface area is 190 Å². The van der Waals surface area contributed by atoms with Crippen LogP contribution in [-0.2, 0) is 9.53 Å². The fraction of sp³-hybridized carbons (Fsp3) is 0.750. The van der Waals surface area contributed by atoms with Gasteiger partial charge in [0.25, 0.3) is 0 Å². The molecule has 0 aromatic carbocycles. The monoisotopic (exact) mass is 453 g/mol. The predicted molar refractivity (Wildman–Crippen MR) is 125 cm³/mol. The number of unbranched alkanes of at least 4 members (excludes halogenated alkanes) is 1. The fourth-order valence-electron chi connectivity index (χ4n) is 4.29. The number of aliphatic hydroxyl groups excluding tert-OH is 2. The van der Waals surface area contributed by atoms with Gasteiger partial charge in [0.2, 0.25) is 5.91 Å². The summed E-state index contributed by atoms with van der Waals surface area (Å²) in [6, 6.07) is 1.12. The maximum absolute atomic E-state index is 13.4. The zero-order valence-corrected chi connectivity index (χ0v) is 20.5. The summed E-state index contributed by atoms with van der Waals surface area (Å²) in [5, 5.41) is 19.8. The number of hydrogen-bond acceptors (Lipinski definition) is 6. The van der Waals surface area contributed by atoms with Crippen LogP contribution in [0.4, 0.5) is 5.69 Å². The number of esters is 1. The standard InChI is InChI=1S/C24H39NO5S/c1-6-7-8-16(2)22(28)25(18(14-26)15-27)19-13-20(31-21(19)23(29)30-5)17-9-11-24(3,4)12-10-17/h13,16-18,26-27H,6-12,14-15H2,1-5H3. The first-order valence-electron chi connectivity index (χ1n) is 11.5. The van der Waals surface area contributed by atoms with Crippen LogP contribution < -0.4 is 4.90 Å². The van der Waals surface area contributed by atoms with E-state index < -0.39 is 12.0 Å². The van der Waals surface area contributed by atoms with E-state index in [1.807, 2.05) is 13.0 Å². The second-order valence-electron chi connectivity index (χ2n) is 9.56. The number of nitrogens with zero attached hydrogens (tertiary/aromatic N) is 1. The smallest absolute Gasteiger partial charge is 0.350 e. The van der Waals surface area contributed by atoms with Crippen LogP contribution >= 0.6 is 11.3 Å². The van der Waals surface area contributed by atoms with Crippen molar-refractivity contribution in [3.63, 3.8) is 0 Å². The molecule has 1 aromatic heterocycles. The molecular weight excluding hydrogens is 414 g/mol. The SMILES string of the molecule is CCCCC(C)C(=O)N(c1cc(C2CCC(C)(C)CC2)sc1C(=O)OC)C(CO)CO. The fourth-order valence-corrected chi connectivity index (χ4v) is 5.53. The van der Waals surface area contributed by atoms with Crippen molar-refractivity contribution >= 4 is 28.9 Å². The van der Waals surface area contributed by atoms with E-state index in [0.717, 1.165) is 49.8 Å². The highest BCUT2D eigenvalue weighted by atomic mass is 32.1. The molecule has 1 atom stereocenters. The summed E-state index contributed by atoms with van der Waals surface area (Å²) in [7, 11) is 1.33. The van der Waals surface area contributed by atoms with Gasteiger partial charge in [-0.1, -0.05) is 40.5 Å². The number of amides is 1. The highest BCUT2D eigenvalue weighted by molar-refractivity contribution is 7.14. The van der Waals surface area contributed by atoms with Gasteiger partial charge in [0.1, 0.15) is 4.88 Å². The highest BCUT2D eigenvalue weighted by Gasteiger charge is 2.35. The van der Waals surface area contributed by atoms with Crippen LogP contribution in [0.15, 0.2) is 6.07 Å². The Hall–Kier alpha value is -1.44. The van der Waals surface area contributed by atoms with Crippen molar-refractivity contribution < 1.29 is 24.5 Å². The molecule has 2 N–H and O–H groups in total. The number of hydrogen-bond donors (Lipinski definition) is 2. The van der Waals surface area contributed by atoms with Crippen molar-refractivity contribution in [1.82, 2.24) is 0 Å². The molecule has 1 fully saturated rings. The van der Waals surface area contributed by atoms with Gasteiger partial charge >= 0.3 is 5.97 Å². The summed E-state index contributed by atoms with van der Waals surface area (Å²) in [5.74, 6) is -0.604. The van der Waals surface area contributed by atoms with E-state index in [1.165, 1.54) is 23.3 Å². The molecule has 1 amide bonds. The van der Waals surface area contributed by atoms with Gasteiger partial charge in [0, 0.05) is 10.8 Å². The minimum atomic E-state index is -0.798. The van der Waals surface area contributed by atoms with Crippen LogP contribution in [0.1, 0.15) is 93.1 Å². The van der Waals surface area contributed by atoms with E-state index in [9.17, 15) is 19.8 Å². The van der Waals surface area contributed by atoms with Crippen LogP contribution in [0.5, 0.6) is 0 Å². The van der Waals surface area contributed by atoms with E-state index in [-0.39, 0.29) is 25.0 Å². The Morgan fingerprint density at radius 3 is 2.39 bits per heavy atom. The van der Waals surface area contributed by atoms with Crippen LogP contribution in [-0.4, -0.2) is 48.5 Å². The minimum absolute atomic E-state index is 0.180. The van der Waals surface area contributed by atoms with Crippen molar-refractivity contribution in [3.05, 3.63) is 15.8 Å². The molecule has 2 rings (SSSR count). The highest BCUT2D eigenvalue weighted by Crippen LogP contribution is 2.46. The summed E-state index contributed by atoms with van der Waals surface area (Å²) in [6.07, 6.45) is 6.93. The molecule has 1 aliphatic carbocycles.